The monoisotopic (exact) mass is 329 g/mol. The van der Waals surface area contributed by atoms with Crippen LogP contribution in [0.15, 0.2) is 24.5 Å². The van der Waals surface area contributed by atoms with Crippen LogP contribution in [0.5, 0.6) is 0 Å². The molecule has 0 radical (unpaired) electrons. The number of alkyl halides is 3. The van der Waals surface area contributed by atoms with Crippen LogP contribution in [0.4, 0.5) is 23.7 Å². The first kappa shape index (κ1) is 16.7. The van der Waals surface area contributed by atoms with Gasteiger partial charge in [-0.25, -0.2) is 9.48 Å². The number of amides is 1. The minimum absolute atomic E-state index is 0.128. The summed E-state index contributed by atoms with van der Waals surface area (Å²) in [5.41, 5.74) is -2.55. The maximum atomic E-state index is 13.3. The molecule has 23 heavy (non-hydrogen) atoms. The summed E-state index contributed by atoms with van der Waals surface area (Å²) < 4.78 is 45.4. The molecular formula is C13H14F3N5O2. The third-order valence-corrected chi connectivity index (χ3v) is 2.45. The molecule has 124 valence electrons. The van der Waals surface area contributed by atoms with Gasteiger partial charge >= 0.3 is 12.3 Å². The molecule has 0 aliphatic carbocycles. The van der Waals surface area contributed by atoms with Crippen LogP contribution >= 0.6 is 0 Å². The number of carbonyl (C=O) groups is 1. The first-order valence-corrected chi connectivity index (χ1v) is 6.51. The molecule has 0 atom stereocenters. The lowest BCUT2D eigenvalue weighted by Crippen LogP contribution is -2.28. The van der Waals surface area contributed by atoms with E-state index in [1.807, 2.05) is 0 Å². The zero-order valence-electron chi connectivity index (χ0n) is 12.5. The van der Waals surface area contributed by atoms with Crippen LogP contribution in [0.1, 0.15) is 26.5 Å². The molecule has 0 bridgehead atoms. The van der Waals surface area contributed by atoms with Gasteiger partial charge in [0.25, 0.3) is 0 Å². The lowest BCUT2D eigenvalue weighted by atomic mass is 10.2. The van der Waals surface area contributed by atoms with E-state index >= 15 is 0 Å². The first-order valence-electron chi connectivity index (χ1n) is 6.51. The molecule has 0 saturated carbocycles. The predicted molar refractivity (Wildman–Crippen MR) is 74.0 cm³/mol. The molecule has 2 heterocycles. The predicted octanol–water partition coefficient (Wildman–Crippen LogP) is 3.03. The van der Waals surface area contributed by atoms with Crippen molar-refractivity contribution in [3.63, 3.8) is 0 Å². The van der Waals surface area contributed by atoms with Crippen molar-refractivity contribution in [2.75, 3.05) is 5.32 Å². The molecule has 10 heteroatoms. The summed E-state index contributed by atoms with van der Waals surface area (Å²) in [6.45, 7) is 4.79. The number of nitrogens with zero attached hydrogens (tertiary/aromatic N) is 4. The van der Waals surface area contributed by atoms with E-state index in [4.69, 9.17) is 4.74 Å². The highest BCUT2D eigenvalue weighted by Gasteiger charge is 2.40. The van der Waals surface area contributed by atoms with E-state index in [0.717, 1.165) is 6.20 Å². The Kier molecular flexibility index (Phi) is 4.26. The highest BCUT2D eigenvalue weighted by Crippen LogP contribution is 2.36. The smallest absolute Gasteiger partial charge is 0.435 e. The maximum absolute atomic E-state index is 13.3. The van der Waals surface area contributed by atoms with Crippen LogP contribution in [-0.2, 0) is 10.9 Å². The van der Waals surface area contributed by atoms with E-state index < -0.39 is 29.3 Å². The second-order valence-electron chi connectivity index (χ2n) is 5.53. The van der Waals surface area contributed by atoms with E-state index in [0.29, 0.717) is 4.68 Å². The molecule has 2 aromatic heterocycles. The molecule has 2 aromatic rings. The zero-order valence-corrected chi connectivity index (χ0v) is 12.5. The Morgan fingerprint density at radius 1 is 1.30 bits per heavy atom. The van der Waals surface area contributed by atoms with Crippen LogP contribution in [0, 0.1) is 0 Å². The highest BCUT2D eigenvalue weighted by molar-refractivity contribution is 5.85. The molecule has 0 aromatic carbocycles. The molecule has 1 N–H and O–H groups in total. The number of hydrogen-bond donors (Lipinski definition) is 1. The molecule has 0 saturated heterocycles. The number of ether oxygens (including phenoxy) is 1. The van der Waals surface area contributed by atoms with Gasteiger partial charge in [-0.1, -0.05) is 0 Å². The largest absolute Gasteiger partial charge is 0.444 e. The Balaban J connectivity index is 2.38. The minimum atomic E-state index is -4.77. The summed E-state index contributed by atoms with van der Waals surface area (Å²) in [4.78, 5) is 11.7. The Hall–Kier alpha value is -2.65. The number of carbonyl (C=O) groups excluding carboxylic acids is 1. The fraction of sp³-hybridized carbons (Fsp3) is 0.385. The summed E-state index contributed by atoms with van der Waals surface area (Å²) in [5, 5.41) is 12.8. The number of anilines is 1. The van der Waals surface area contributed by atoms with Gasteiger partial charge in [-0.3, -0.25) is 5.32 Å². The normalized spacial score (nSPS) is 12.1. The van der Waals surface area contributed by atoms with E-state index in [1.165, 1.54) is 18.3 Å². The average Bonchev–Trinajstić information content (AvgIpc) is 2.81. The van der Waals surface area contributed by atoms with Crippen molar-refractivity contribution >= 4 is 11.8 Å². The summed E-state index contributed by atoms with van der Waals surface area (Å²) in [6, 6.07) is 2.73. The maximum Gasteiger partial charge on any atom is 0.435 e. The van der Waals surface area contributed by atoms with Crippen molar-refractivity contribution in [1.29, 1.82) is 0 Å². The zero-order chi connectivity index (χ0) is 17.3. The van der Waals surface area contributed by atoms with Crippen LogP contribution < -0.4 is 5.32 Å². The number of hydrogen-bond acceptors (Lipinski definition) is 5. The Labute approximate surface area is 129 Å². The van der Waals surface area contributed by atoms with Gasteiger partial charge in [0.15, 0.2) is 11.5 Å². The van der Waals surface area contributed by atoms with Crippen LogP contribution in [0.25, 0.3) is 5.82 Å². The van der Waals surface area contributed by atoms with Gasteiger partial charge in [-0.05, 0) is 32.9 Å². The second kappa shape index (κ2) is 5.86. The molecule has 0 unspecified atom stereocenters. The summed E-state index contributed by atoms with van der Waals surface area (Å²) in [6.07, 6.45) is -3.58. The van der Waals surface area contributed by atoms with Gasteiger partial charge in [0.05, 0.1) is 11.9 Å². The van der Waals surface area contributed by atoms with Crippen LogP contribution in [-0.4, -0.2) is 31.7 Å². The van der Waals surface area contributed by atoms with E-state index in [-0.39, 0.29) is 5.82 Å². The third-order valence-electron chi connectivity index (χ3n) is 2.45. The van der Waals surface area contributed by atoms with Gasteiger partial charge in [0.2, 0.25) is 0 Å². The summed E-state index contributed by atoms with van der Waals surface area (Å²) in [5.74, 6) is -0.128. The third kappa shape index (κ3) is 4.18. The summed E-state index contributed by atoms with van der Waals surface area (Å²) in [7, 11) is 0. The van der Waals surface area contributed by atoms with Crippen LogP contribution in [0.3, 0.4) is 0 Å². The van der Waals surface area contributed by atoms with Gasteiger partial charge < -0.3 is 4.74 Å². The molecule has 0 aliphatic heterocycles. The number of nitrogens with one attached hydrogen (secondary N) is 1. The Morgan fingerprint density at radius 3 is 2.52 bits per heavy atom. The molecule has 1 amide bonds. The fourth-order valence-corrected chi connectivity index (χ4v) is 1.71. The lowest BCUT2D eigenvalue weighted by Gasteiger charge is -2.20. The van der Waals surface area contributed by atoms with Crippen molar-refractivity contribution in [2.24, 2.45) is 0 Å². The van der Waals surface area contributed by atoms with E-state index in [2.05, 4.69) is 20.6 Å². The highest BCUT2D eigenvalue weighted by atomic mass is 19.4. The van der Waals surface area contributed by atoms with Crippen molar-refractivity contribution in [3.8, 4) is 5.82 Å². The van der Waals surface area contributed by atoms with E-state index in [1.54, 1.807) is 20.8 Å². The molecular weight excluding hydrogens is 315 g/mol. The standard InChI is InChI=1S/C13H14F3N5O2/c1-12(2,3)23-11(22)19-8-7-18-21(10(8)13(14,15)16)9-5-4-6-17-20-9/h4-7H,1-3H3,(H,19,22). The number of halogens is 3. The fourth-order valence-electron chi connectivity index (χ4n) is 1.71. The lowest BCUT2D eigenvalue weighted by molar-refractivity contribution is -0.142. The van der Waals surface area contributed by atoms with Crippen molar-refractivity contribution in [2.45, 2.75) is 32.5 Å². The van der Waals surface area contributed by atoms with Crippen molar-refractivity contribution < 1.29 is 22.7 Å². The van der Waals surface area contributed by atoms with Gasteiger partial charge in [-0.15, -0.1) is 5.10 Å². The summed E-state index contributed by atoms with van der Waals surface area (Å²) >= 11 is 0. The SMILES string of the molecule is CC(C)(C)OC(=O)Nc1cnn(-c2cccnn2)c1C(F)(F)F. The van der Waals surface area contributed by atoms with Gasteiger partial charge in [0, 0.05) is 6.20 Å². The van der Waals surface area contributed by atoms with E-state index in [9.17, 15) is 18.0 Å². The number of rotatable bonds is 2. The molecule has 7 nitrogen and oxygen atoms in total. The van der Waals surface area contributed by atoms with Crippen LogP contribution in [0.2, 0.25) is 0 Å². The van der Waals surface area contributed by atoms with Crippen molar-refractivity contribution in [3.05, 3.63) is 30.2 Å². The van der Waals surface area contributed by atoms with Gasteiger partial charge in [-0.2, -0.15) is 23.4 Å². The Morgan fingerprint density at radius 2 is 2.00 bits per heavy atom. The minimum Gasteiger partial charge on any atom is -0.444 e. The number of aromatic nitrogens is 4. The topological polar surface area (TPSA) is 81.9 Å². The molecule has 0 spiro atoms. The Bertz CT molecular complexity index is 692. The quantitative estimate of drug-likeness (QED) is 0.916. The van der Waals surface area contributed by atoms with Crippen molar-refractivity contribution in [1.82, 2.24) is 20.0 Å². The molecule has 2 rings (SSSR count). The average molecular weight is 329 g/mol. The first-order chi connectivity index (χ1) is 10.6. The second-order valence-corrected chi connectivity index (χ2v) is 5.53. The van der Waals surface area contributed by atoms with Gasteiger partial charge in [0.1, 0.15) is 5.60 Å². The molecule has 0 fully saturated rings. The molecule has 0 aliphatic rings.